The molecule has 1 aliphatic heterocycles. The van der Waals surface area contributed by atoms with Crippen molar-refractivity contribution in [2.24, 2.45) is 0 Å². The lowest BCUT2D eigenvalue weighted by atomic mass is 10.1. The number of methoxy groups -OCH3 is 1. The molecular weight excluding hydrogens is 516 g/mol. The molecule has 8 heteroatoms. The number of hydrogen-bond donors (Lipinski definition) is 0. The molecule has 4 aromatic rings. The Hall–Kier alpha value is -4.61. The monoisotopic (exact) mass is 550 g/mol. The Morgan fingerprint density at radius 2 is 1.68 bits per heavy atom. The van der Waals surface area contributed by atoms with Crippen LogP contribution in [0, 0.1) is 11.3 Å². The normalized spacial score (nSPS) is 12.2. The number of aromatic nitrogens is 2. The third-order valence-electron chi connectivity index (χ3n) is 7.11. The minimum absolute atomic E-state index is 0.364. The van der Waals surface area contributed by atoms with Crippen LogP contribution in [0.2, 0.25) is 0 Å². The average Bonchev–Trinajstić information content (AvgIpc) is 3.37. The van der Waals surface area contributed by atoms with E-state index < -0.39 is 0 Å². The molecule has 2 heterocycles. The van der Waals surface area contributed by atoms with Crippen LogP contribution in [-0.2, 0) is 30.9 Å². The Kier molecular flexibility index (Phi) is 8.97. The van der Waals surface area contributed by atoms with E-state index in [9.17, 15) is 10.1 Å². The average molecular weight is 551 g/mol. The van der Waals surface area contributed by atoms with Crippen LogP contribution in [0.5, 0.6) is 11.5 Å². The maximum absolute atomic E-state index is 12.0. The summed E-state index contributed by atoms with van der Waals surface area (Å²) in [6.07, 6.45) is 2.01. The van der Waals surface area contributed by atoms with Gasteiger partial charge >= 0.3 is 5.97 Å². The van der Waals surface area contributed by atoms with Gasteiger partial charge in [-0.3, -0.25) is 4.90 Å². The molecule has 3 aromatic carbocycles. The van der Waals surface area contributed by atoms with Crippen molar-refractivity contribution >= 4 is 5.97 Å². The topological polar surface area (TPSA) is 89.6 Å². The molecular formula is C33H34N4O4. The van der Waals surface area contributed by atoms with E-state index in [1.54, 1.807) is 12.1 Å². The van der Waals surface area contributed by atoms with Crippen LogP contribution in [0.3, 0.4) is 0 Å². The molecule has 5 rings (SSSR count). The summed E-state index contributed by atoms with van der Waals surface area (Å²) in [7, 11) is 1.38. The van der Waals surface area contributed by atoms with Gasteiger partial charge in [0.25, 0.3) is 0 Å². The van der Waals surface area contributed by atoms with Crippen molar-refractivity contribution in [2.75, 3.05) is 20.3 Å². The van der Waals surface area contributed by atoms with E-state index in [0.717, 1.165) is 59.1 Å². The van der Waals surface area contributed by atoms with E-state index in [1.165, 1.54) is 7.11 Å². The number of esters is 1. The van der Waals surface area contributed by atoms with Crippen molar-refractivity contribution in [3.63, 3.8) is 0 Å². The zero-order valence-corrected chi connectivity index (χ0v) is 23.5. The Labute approximate surface area is 240 Å². The van der Waals surface area contributed by atoms with Gasteiger partial charge < -0.3 is 18.8 Å². The van der Waals surface area contributed by atoms with Crippen molar-refractivity contribution in [3.8, 4) is 29.0 Å². The molecule has 210 valence electrons. The summed E-state index contributed by atoms with van der Waals surface area (Å²) in [5.41, 5.74) is 4.94. The number of rotatable bonds is 11. The molecule has 0 bridgehead atoms. The molecule has 0 N–H and O–H groups in total. The first-order valence-electron chi connectivity index (χ1n) is 13.9. The number of nitrogens with zero attached hydrogens (tertiary/aromatic N) is 4. The highest BCUT2D eigenvalue weighted by atomic mass is 16.6. The van der Waals surface area contributed by atoms with Crippen LogP contribution < -0.4 is 9.47 Å². The highest BCUT2D eigenvalue weighted by Crippen LogP contribution is 2.32. The third-order valence-corrected chi connectivity index (χ3v) is 7.11. The number of ether oxygens (including phenoxy) is 3. The van der Waals surface area contributed by atoms with E-state index in [1.807, 2.05) is 54.6 Å². The molecule has 0 saturated carbocycles. The lowest BCUT2D eigenvalue weighted by Crippen LogP contribution is -2.25. The Balaban J connectivity index is 1.50. The number of unbranched alkanes of at least 4 members (excludes halogenated alkanes) is 1. The highest BCUT2D eigenvalue weighted by molar-refractivity contribution is 5.89. The number of carbonyl (C=O) groups is 1. The van der Waals surface area contributed by atoms with Gasteiger partial charge in [0.05, 0.1) is 18.4 Å². The fraction of sp³-hybridized carbons (Fsp3) is 0.303. The largest absolute Gasteiger partial charge is 0.486 e. The quantitative estimate of drug-likeness (QED) is 0.212. The predicted molar refractivity (Wildman–Crippen MR) is 155 cm³/mol. The number of carbonyl (C=O) groups excluding carboxylic acids is 1. The van der Waals surface area contributed by atoms with E-state index in [-0.39, 0.29) is 5.97 Å². The SMILES string of the molecule is CCCCn1c(-c2ccccc2)nc(C#N)c1CN(Cc1ccc(C(=O)OC)cc1)Cc1ccc2c(c1)OCCO2. The first-order chi connectivity index (χ1) is 20.1. The summed E-state index contributed by atoms with van der Waals surface area (Å²) < 4.78 is 18.6. The summed E-state index contributed by atoms with van der Waals surface area (Å²) in [6.45, 7) is 5.73. The van der Waals surface area contributed by atoms with Gasteiger partial charge in [0, 0.05) is 31.7 Å². The molecule has 0 unspecified atom stereocenters. The van der Waals surface area contributed by atoms with Crippen molar-refractivity contribution in [2.45, 2.75) is 45.9 Å². The second-order valence-corrected chi connectivity index (χ2v) is 10.0. The molecule has 0 saturated heterocycles. The van der Waals surface area contributed by atoms with Gasteiger partial charge in [-0.15, -0.1) is 0 Å². The number of nitriles is 1. The van der Waals surface area contributed by atoms with Crippen LogP contribution in [-0.4, -0.2) is 40.7 Å². The molecule has 8 nitrogen and oxygen atoms in total. The fourth-order valence-electron chi connectivity index (χ4n) is 5.05. The lowest BCUT2D eigenvalue weighted by molar-refractivity contribution is 0.0600. The summed E-state index contributed by atoms with van der Waals surface area (Å²) in [4.78, 5) is 19.1. The number of fused-ring (bicyclic) bond motifs is 1. The van der Waals surface area contributed by atoms with E-state index in [2.05, 4.69) is 28.5 Å². The molecule has 0 radical (unpaired) electrons. The van der Waals surface area contributed by atoms with Gasteiger partial charge in [0.2, 0.25) is 0 Å². The van der Waals surface area contributed by atoms with Crippen molar-refractivity contribution in [1.82, 2.24) is 14.5 Å². The molecule has 1 aromatic heterocycles. The van der Waals surface area contributed by atoms with Gasteiger partial charge in [-0.05, 0) is 41.8 Å². The van der Waals surface area contributed by atoms with Crippen LogP contribution in [0.25, 0.3) is 11.4 Å². The zero-order chi connectivity index (χ0) is 28.6. The van der Waals surface area contributed by atoms with Crippen molar-refractivity contribution in [3.05, 3.63) is 101 Å². The van der Waals surface area contributed by atoms with Crippen molar-refractivity contribution in [1.29, 1.82) is 5.26 Å². The number of benzene rings is 3. The first-order valence-corrected chi connectivity index (χ1v) is 13.9. The Morgan fingerprint density at radius 1 is 0.976 bits per heavy atom. The molecule has 0 atom stereocenters. The van der Waals surface area contributed by atoms with Crippen LogP contribution in [0.15, 0.2) is 72.8 Å². The van der Waals surface area contributed by atoms with E-state index in [4.69, 9.17) is 19.2 Å². The molecule has 0 aliphatic carbocycles. The van der Waals surface area contributed by atoms with Crippen LogP contribution in [0.1, 0.15) is 52.6 Å². The van der Waals surface area contributed by atoms with Crippen LogP contribution >= 0.6 is 0 Å². The van der Waals surface area contributed by atoms with Gasteiger partial charge in [-0.1, -0.05) is 61.9 Å². The third kappa shape index (κ3) is 6.59. The van der Waals surface area contributed by atoms with Gasteiger partial charge in [-0.2, -0.15) is 5.26 Å². The Bertz CT molecular complexity index is 1520. The Morgan fingerprint density at radius 3 is 2.39 bits per heavy atom. The second-order valence-electron chi connectivity index (χ2n) is 10.0. The minimum atomic E-state index is -0.364. The summed E-state index contributed by atoms with van der Waals surface area (Å²) >= 11 is 0. The van der Waals surface area contributed by atoms with E-state index >= 15 is 0 Å². The van der Waals surface area contributed by atoms with Gasteiger partial charge in [0.15, 0.2) is 17.2 Å². The van der Waals surface area contributed by atoms with E-state index in [0.29, 0.717) is 44.1 Å². The van der Waals surface area contributed by atoms with Crippen LogP contribution in [0.4, 0.5) is 0 Å². The number of hydrogen-bond acceptors (Lipinski definition) is 7. The standard InChI is InChI=1S/C33H34N4O4/c1-3-4-16-37-29(28(20-34)35-32(37)26-8-6-5-7-9-26)23-36(21-24-10-13-27(14-11-24)33(38)39-2)22-25-12-15-30-31(19-25)41-18-17-40-30/h5-15,19H,3-4,16-18,21-23H2,1-2H3. The summed E-state index contributed by atoms with van der Waals surface area (Å²) in [6, 6.07) is 25.9. The maximum atomic E-state index is 12.0. The fourth-order valence-corrected chi connectivity index (χ4v) is 5.05. The smallest absolute Gasteiger partial charge is 0.337 e. The van der Waals surface area contributed by atoms with Gasteiger partial charge in [0.1, 0.15) is 25.1 Å². The van der Waals surface area contributed by atoms with Crippen molar-refractivity contribution < 1.29 is 19.0 Å². The molecule has 1 aliphatic rings. The maximum Gasteiger partial charge on any atom is 0.337 e. The zero-order valence-electron chi connectivity index (χ0n) is 23.5. The molecule has 0 fully saturated rings. The molecule has 0 spiro atoms. The summed E-state index contributed by atoms with van der Waals surface area (Å²) in [5, 5.41) is 10.1. The minimum Gasteiger partial charge on any atom is -0.486 e. The van der Waals surface area contributed by atoms with Gasteiger partial charge in [-0.25, -0.2) is 9.78 Å². The summed E-state index contributed by atoms with van der Waals surface area (Å²) in [5.74, 6) is 1.94. The molecule has 0 amide bonds. The predicted octanol–water partition coefficient (Wildman–Crippen LogP) is 5.98. The second kappa shape index (κ2) is 13.2. The highest BCUT2D eigenvalue weighted by Gasteiger charge is 2.22. The number of imidazole rings is 1. The lowest BCUT2D eigenvalue weighted by Gasteiger charge is -2.25. The molecule has 41 heavy (non-hydrogen) atoms. The first kappa shape index (κ1) is 27.9.